The van der Waals surface area contributed by atoms with E-state index in [4.69, 9.17) is 5.73 Å². The minimum Gasteiger partial charge on any atom is -0.320 e. The molecule has 0 bridgehead atoms. The van der Waals surface area contributed by atoms with Crippen molar-refractivity contribution in [3.05, 3.63) is 63.0 Å². The third kappa shape index (κ3) is 2.41. The quantitative estimate of drug-likeness (QED) is 0.681. The van der Waals surface area contributed by atoms with Gasteiger partial charge in [0.1, 0.15) is 3.70 Å². The Balaban J connectivity index is 2.38. The molecule has 0 aliphatic carbocycles. The zero-order chi connectivity index (χ0) is 11.5. The van der Waals surface area contributed by atoms with E-state index in [0.29, 0.717) is 0 Å². The van der Waals surface area contributed by atoms with Crippen LogP contribution in [0.3, 0.4) is 0 Å². The summed E-state index contributed by atoms with van der Waals surface area (Å²) in [5, 5.41) is 0. The van der Waals surface area contributed by atoms with Crippen LogP contribution in [0.4, 0.5) is 0 Å². The van der Waals surface area contributed by atoms with E-state index in [-0.39, 0.29) is 6.04 Å². The summed E-state index contributed by atoms with van der Waals surface area (Å²) in [7, 11) is 0. The summed E-state index contributed by atoms with van der Waals surface area (Å²) in [6.45, 7) is 2.07. The molecule has 1 aromatic heterocycles. The fourth-order valence-corrected chi connectivity index (χ4v) is 2.30. The predicted octanol–water partition coefficient (Wildman–Crippen LogP) is 3.04. The van der Waals surface area contributed by atoms with E-state index in [2.05, 4.69) is 40.6 Å². The number of halogens is 1. The van der Waals surface area contributed by atoms with E-state index in [1.165, 1.54) is 5.56 Å². The first-order valence-corrected chi connectivity index (χ1v) is 6.19. The maximum Gasteiger partial charge on any atom is 0.101 e. The first-order valence-electron chi connectivity index (χ1n) is 5.11. The Morgan fingerprint density at radius 1 is 1.25 bits per heavy atom. The summed E-state index contributed by atoms with van der Waals surface area (Å²) in [5.74, 6) is 0. The molecule has 1 aromatic carbocycles. The topological polar surface area (TPSA) is 38.9 Å². The molecule has 1 unspecified atom stereocenters. The summed E-state index contributed by atoms with van der Waals surface area (Å²) in [6.07, 6.45) is 1.87. The monoisotopic (exact) mass is 324 g/mol. The van der Waals surface area contributed by atoms with Gasteiger partial charge in [-0.3, -0.25) is 0 Å². The van der Waals surface area contributed by atoms with E-state index < -0.39 is 0 Å². The molecule has 16 heavy (non-hydrogen) atoms. The summed E-state index contributed by atoms with van der Waals surface area (Å²) in [6, 6.07) is 12.1. The molecule has 0 saturated carbocycles. The fraction of sp³-hybridized carbons (Fsp3) is 0.154. The van der Waals surface area contributed by atoms with E-state index in [9.17, 15) is 0 Å². The molecule has 0 amide bonds. The molecular formula is C13H13IN2. The van der Waals surface area contributed by atoms with Gasteiger partial charge in [-0.2, -0.15) is 0 Å². The number of nitrogens with two attached hydrogens (primary N) is 1. The van der Waals surface area contributed by atoms with Crippen LogP contribution in [0.5, 0.6) is 0 Å². The predicted molar refractivity (Wildman–Crippen MR) is 74.2 cm³/mol. The second-order valence-corrected chi connectivity index (χ2v) is 4.86. The van der Waals surface area contributed by atoms with Crippen LogP contribution >= 0.6 is 22.6 Å². The van der Waals surface area contributed by atoms with Crippen molar-refractivity contribution in [2.24, 2.45) is 5.73 Å². The van der Waals surface area contributed by atoms with Crippen LogP contribution in [0, 0.1) is 10.6 Å². The van der Waals surface area contributed by atoms with Crippen LogP contribution in [0.2, 0.25) is 0 Å². The highest BCUT2D eigenvalue weighted by Crippen LogP contribution is 2.22. The van der Waals surface area contributed by atoms with Crippen molar-refractivity contribution in [2.75, 3.05) is 0 Å². The van der Waals surface area contributed by atoms with Crippen LogP contribution in [-0.4, -0.2) is 4.98 Å². The number of benzene rings is 1. The second-order valence-electron chi connectivity index (χ2n) is 3.75. The van der Waals surface area contributed by atoms with Crippen molar-refractivity contribution < 1.29 is 0 Å². The van der Waals surface area contributed by atoms with Gasteiger partial charge in [-0.05, 0) is 52.3 Å². The Kier molecular flexibility index (Phi) is 3.56. The van der Waals surface area contributed by atoms with Crippen molar-refractivity contribution in [3.8, 4) is 0 Å². The van der Waals surface area contributed by atoms with Crippen LogP contribution in [0.25, 0.3) is 0 Å². The van der Waals surface area contributed by atoms with Gasteiger partial charge >= 0.3 is 0 Å². The molecule has 0 aliphatic rings. The van der Waals surface area contributed by atoms with E-state index in [1.807, 2.05) is 36.5 Å². The Bertz CT molecular complexity index is 483. The first kappa shape index (κ1) is 11.5. The zero-order valence-electron chi connectivity index (χ0n) is 9.02. The summed E-state index contributed by atoms with van der Waals surface area (Å²) in [5.41, 5.74) is 9.62. The van der Waals surface area contributed by atoms with Crippen molar-refractivity contribution in [1.29, 1.82) is 0 Å². The van der Waals surface area contributed by atoms with Gasteiger partial charge < -0.3 is 5.73 Å². The average Bonchev–Trinajstić information content (AvgIpc) is 2.29. The van der Waals surface area contributed by atoms with Crippen LogP contribution in [-0.2, 0) is 0 Å². The lowest BCUT2D eigenvalue weighted by Gasteiger charge is -2.14. The molecule has 2 N–H and O–H groups in total. The Labute approximate surface area is 109 Å². The first-order chi connectivity index (χ1) is 7.68. The number of aromatic nitrogens is 1. The largest absolute Gasteiger partial charge is 0.320 e. The van der Waals surface area contributed by atoms with Gasteiger partial charge in [-0.25, -0.2) is 4.98 Å². The highest BCUT2D eigenvalue weighted by molar-refractivity contribution is 14.1. The van der Waals surface area contributed by atoms with Crippen LogP contribution in [0.15, 0.2) is 42.6 Å². The Morgan fingerprint density at radius 2 is 1.94 bits per heavy atom. The number of nitrogens with zero attached hydrogens (tertiary/aromatic N) is 1. The molecule has 3 heteroatoms. The number of pyridine rings is 1. The molecule has 0 radical (unpaired) electrons. The maximum atomic E-state index is 6.22. The van der Waals surface area contributed by atoms with Crippen molar-refractivity contribution >= 4 is 22.6 Å². The standard InChI is InChI=1S/C13H13IN2/c1-9-7-12(14)16-8-11(9)13(15)10-5-3-2-4-6-10/h2-8,13H,15H2,1H3. The normalized spacial score (nSPS) is 12.4. The smallest absolute Gasteiger partial charge is 0.101 e. The molecule has 0 aliphatic heterocycles. The van der Waals surface area contributed by atoms with Gasteiger partial charge in [0.25, 0.3) is 0 Å². The van der Waals surface area contributed by atoms with Gasteiger partial charge in [0.2, 0.25) is 0 Å². The Morgan fingerprint density at radius 3 is 2.56 bits per heavy atom. The molecule has 2 aromatic rings. The van der Waals surface area contributed by atoms with Gasteiger partial charge in [-0.15, -0.1) is 0 Å². The minimum atomic E-state index is -0.0919. The molecule has 1 atom stereocenters. The van der Waals surface area contributed by atoms with Crippen molar-refractivity contribution in [2.45, 2.75) is 13.0 Å². The van der Waals surface area contributed by atoms with Gasteiger partial charge in [0, 0.05) is 6.20 Å². The third-order valence-corrected chi connectivity index (χ3v) is 3.20. The highest BCUT2D eigenvalue weighted by atomic mass is 127. The number of hydrogen-bond acceptors (Lipinski definition) is 2. The summed E-state index contributed by atoms with van der Waals surface area (Å²) >= 11 is 2.21. The summed E-state index contributed by atoms with van der Waals surface area (Å²) < 4.78 is 0.999. The van der Waals surface area contributed by atoms with E-state index >= 15 is 0 Å². The lowest BCUT2D eigenvalue weighted by Crippen LogP contribution is -2.13. The fourth-order valence-electron chi connectivity index (χ4n) is 1.70. The molecule has 0 spiro atoms. The number of hydrogen-bond donors (Lipinski definition) is 1. The minimum absolute atomic E-state index is 0.0919. The van der Waals surface area contributed by atoms with Gasteiger partial charge in [-0.1, -0.05) is 30.3 Å². The molecular weight excluding hydrogens is 311 g/mol. The Hall–Kier alpha value is -0.940. The molecule has 2 nitrogen and oxygen atoms in total. The lowest BCUT2D eigenvalue weighted by molar-refractivity contribution is 0.851. The van der Waals surface area contributed by atoms with Crippen LogP contribution < -0.4 is 5.73 Å². The number of aryl methyl sites for hydroxylation is 1. The molecule has 1 heterocycles. The third-order valence-electron chi connectivity index (χ3n) is 2.61. The highest BCUT2D eigenvalue weighted by Gasteiger charge is 2.11. The lowest BCUT2D eigenvalue weighted by atomic mass is 9.98. The van der Waals surface area contributed by atoms with Crippen molar-refractivity contribution in [1.82, 2.24) is 4.98 Å². The SMILES string of the molecule is Cc1cc(I)ncc1C(N)c1ccccc1. The summed E-state index contributed by atoms with van der Waals surface area (Å²) in [4.78, 5) is 4.29. The molecule has 0 saturated heterocycles. The van der Waals surface area contributed by atoms with Crippen molar-refractivity contribution in [3.63, 3.8) is 0 Å². The average molecular weight is 324 g/mol. The molecule has 0 fully saturated rings. The van der Waals surface area contributed by atoms with Gasteiger partial charge in [0.05, 0.1) is 6.04 Å². The molecule has 2 rings (SSSR count). The van der Waals surface area contributed by atoms with E-state index in [1.54, 1.807) is 0 Å². The molecule has 82 valence electrons. The zero-order valence-corrected chi connectivity index (χ0v) is 11.2. The van der Waals surface area contributed by atoms with E-state index in [0.717, 1.165) is 14.8 Å². The maximum absolute atomic E-state index is 6.22. The number of rotatable bonds is 2. The second kappa shape index (κ2) is 4.93. The van der Waals surface area contributed by atoms with Crippen LogP contribution in [0.1, 0.15) is 22.7 Å². The van der Waals surface area contributed by atoms with Gasteiger partial charge in [0.15, 0.2) is 0 Å².